The topological polar surface area (TPSA) is 3.24 Å². The number of nitrogens with zero attached hydrogens (tertiary/aromatic N) is 1. The van der Waals surface area contributed by atoms with Crippen molar-refractivity contribution in [3.8, 4) is 0 Å². The minimum atomic E-state index is 0. The van der Waals surface area contributed by atoms with E-state index in [9.17, 15) is 0 Å². The molecule has 1 aromatic rings. The molecule has 0 spiro atoms. The van der Waals surface area contributed by atoms with Gasteiger partial charge in [0.25, 0.3) is 0 Å². The fourth-order valence-electron chi connectivity index (χ4n) is 0.966. The van der Waals surface area contributed by atoms with Crippen LogP contribution in [0.25, 0.3) is 0 Å². The third-order valence-electron chi connectivity index (χ3n) is 1.95. The van der Waals surface area contributed by atoms with Gasteiger partial charge in [0.1, 0.15) is 0 Å². The van der Waals surface area contributed by atoms with E-state index in [1.54, 1.807) is 0 Å². The average Bonchev–Trinajstić information content (AvgIpc) is 2.36. The van der Waals surface area contributed by atoms with Gasteiger partial charge in [-0.15, -0.1) is 0 Å². The third-order valence-corrected chi connectivity index (χ3v) is 1.95. The maximum atomic E-state index is 2.20. The minimum Gasteiger partial charge on any atom is -0.305 e. The first-order valence-electron chi connectivity index (χ1n) is 3.60. The van der Waals surface area contributed by atoms with Crippen LogP contribution in [0.5, 0.6) is 0 Å². The Morgan fingerprint density at radius 1 is 1.45 bits per heavy atom. The molecule has 0 fully saturated rings. The van der Waals surface area contributed by atoms with Crippen LogP contribution in [0.3, 0.4) is 0 Å². The standard InChI is InChI=1S/C9H14N.Li/c1-8(10(2)3)9-6-4-5-7-9;/h4-8H,1-3H3;/q-1;+1. The predicted molar refractivity (Wildman–Crippen MR) is 44.1 cm³/mol. The van der Waals surface area contributed by atoms with Gasteiger partial charge in [0.05, 0.1) is 0 Å². The van der Waals surface area contributed by atoms with Crippen molar-refractivity contribution in [3.63, 3.8) is 0 Å². The van der Waals surface area contributed by atoms with Crippen molar-refractivity contribution < 1.29 is 18.9 Å². The van der Waals surface area contributed by atoms with E-state index in [1.165, 1.54) is 5.56 Å². The summed E-state index contributed by atoms with van der Waals surface area (Å²) in [6.07, 6.45) is 0. The van der Waals surface area contributed by atoms with E-state index in [0.29, 0.717) is 6.04 Å². The Kier molecular flexibility index (Phi) is 4.68. The molecule has 0 aliphatic heterocycles. The Balaban J connectivity index is 0.000001000. The van der Waals surface area contributed by atoms with Gasteiger partial charge < -0.3 is 4.90 Å². The van der Waals surface area contributed by atoms with Gasteiger partial charge in [0, 0.05) is 6.04 Å². The van der Waals surface area contributed by atoms with Gasteiger partial charge in [-0.25, -0.2) is 12.1 Å². The van der Waals surface area contributed by atoms with E-state index < -0.39 is 0 Å². The van der Waals surface area contributed by atoms with Crippen LogP contribution in [0.1, 0.15) is 18.5 Å². The minimum absolute atomic E-state index is 0. The Morgan fingerprint density at radius 2 is 2.09 bits per heavy atom. The van der Waals surface area contributed by atoms with Gasteiger partial charge in [0.15, 0.2) is 0 Å². The van der Waals surface area contributed by atoms with Gasteiger partial charge in [-0.2, -0.15) is 17.7 Å². The Hall–Kier alpha value is -0.0926. The summed E-state index contributed by atoms with van der Waals surface area (Å²) in [5.74, 6) is 0. The predicted octanol–water partition coefficient (Wildman–Crippen LogP) is -0.968. The van der Waals surface area contributed by atoms with Crippen molar-refractivity contribution in [2.75, 3.05) is 14.1 Å². The molecular weight excluding hydrogens is 129 g/mol. The molecule has 0 saturated heterocycles. The Labute approximate surface area is 80.9 Å². The summed E-state index contributed by atoms with van der Waals surface area (Å²) in [6.45, 7) is 2.20. The molecule has 2 heteroatoms. The molecule has 11 heavy (non-hydrogen) atoms. The SMILES string of the molecule is CC(c1ccc[cH-]1)N(C)C.[Li+]. The van der Waals surface area contributed by atoms with Gasteiger partial charge >= 0.3 is 18.9 Å². The van der Waals surface area contributed by atoms with Crippen molar-refractivity contribution in [1.82, 2.24) is 4.90 Å². The molecule has 1 aromatic carbocycles. The summed E-state index contributed by atoms with van der Waals surface area (Å²) in [6, 6.07) is 9.01. The summed E-state index contributed by atoms with van der Waals surface area (Å²) in [5.41, 5.74) is 1.39. The molecule has 1 atom stereocenters. The van der Waals surface area contributed by atoms with E-state index in [2.05, 4.69) is 50.2 Å². The number of hydrogen-bond donors (Lipinski definition) is 0. The summed E-state index contributed by atoms with van der Waals surface area (Å²) in [5, 5.41) is 0. The molecular formula is C9H14LiN. The van der Waals surface area contributed by atoms with Crippen LogP contribution < -0.4 is 18.9 Å². The first kappa shape index (κ1) is 10.9. The monoisotopic (exact) mass is 143 g/mol. The van der Waals surface area contributed by atoms with Gasteiger partial charge in [-0.1, -0.05) is 0 Å². The summed E-state index contributed by atoms with van der Waals surface area (Å²) < 4.78 is 0. The van der Waals surface area contributed by atoms with Crippen molar-refractivity contribution in [2.45, 2.75) is 13.0 Å². The van der Waals surface area contributed by atoms with Crippen LogP contribution in [0.2, 0.25) is 0 Å². The smallest absolute Gasteiger partial charge is 0.305 e. The van der Waals surface area contributed by atoms with E-state index >= 15 is 0 Å². The van der Waals surface area contributed by atoms with E-state index in [0.717, 1.165) is 0 Å². The van der Waals surface area contributed by atoms with Crippen molar-refractivity contribution in [3.05, 3.63) is 29.8 Å². The molecule has 0 amide bonds. The van der Waals surface area contributed by atoms with E-state index in [1.807, 2.05) is 0 Å². The van der Waals surface area contributed by atoms with E-state index in [-0.39, 0.29) is 18.9 Å². The largest absolute Gasteiger partial charge is 1.00 e. The van der Waals surface area contributed by atoms with E-state index in [4.69, 9.17) is 0 Å². The maximum absolute atomic E-state index is 2.20. The number of hydrogen-bond acceptors (Lipinski definition) is 1. The second kappa shape index (κ2) is 4.72. The van der Waals surface area contributed by atoms with Crippen LogP contribution in [0, 0.1) is 0 Å². The average molecular weight is 143 g/mol. The molecule has 0 radical (unpaired) electrons. The Bertz CT molecular complexity index is 179. The van der Waals surface area contributed by atoms with Crippen molar-refractivity contribution >= 4 is 0 Å². The quantitative estimate of drug-likeness (QED) is 0.380. The second-order valence-electron chi connectivity index (χ2n) is 2.86. The van der Waals surface area contributed by atoms with Gasteiger partial charge in [-0.05, 0) is 21.0 Å². The van der Waals surface area contributed by atoms with Gasteiger partial charge in [0.2, 0.25) is 0 Å². The summed E-state index contributed by atoms with van der Waals surface area (Å²) in [7, 11) is 4.19. The maximum Gasteiger partial charge on any atom is 1.00 e. The van der Waals surface area contributed by atoms with Crippen molar-refractivity contribution in [1.29, 1.82) is 0 Å². The normalized spacial score (nSPS) is 12.7. The molecule has 1 rings (SSSR count). The molecule has 0 bridgehead atoms. The zero-order valence-electron chi connectivity index (χ0n) is 7.83. The molecule has 0 aromatic heterocycles. The van der Waals surface area contributed by atoms with Crippen LogP contribution in [0.4, 0.5) is 0 Å². The van der Waals surface area contributed by atoms with Gasteiger partial charge in [-0.3, -0.25) is 0 Å². The molecule has 0 heterocycles. The first-order chi connectivity index (χ1) is 4.72. The van der Waals surface area contributed by atoms with Crippen LogP contribution in [-0.2, 0) is 0 Å². The number of rotatable bonds is 2. The summed E-state index contributed by atoms with van der Waals surface area (Å²) in [4.78, 5) is 2.20. The van der Waals surface area contributed by atoms with Crippen LogP contribution in [0.15, 0.2) is 24.3 Å². The zero-order valence-corrected chi connectivity index (χ0v) is 7.83. The second-order valence-corrected chi connectivity index (χ2v) is 2.86. The van der Waals surface area contributed by atoms with Crippen molar-refractivity contribution in [2.24, 2.45) is 0 Å². The summed E-state index contributed by atoms with van der Waals surface area (Å²) >= 11 is 0. The molecule has 0 saturated carbocycles. The zero-order chi connectivity index (χ0) is 7.56. The molecule has 1 unspecified atom stereocenters. The van der Waals surface area contributed by atoms with Crippen LogP contribution in [-0.4, -0.2) is 19.0 Å². The molecule has 0 N–H and O–H groups in total. The third kappa shape index (κ3) is 2.79. The first-order valence-corrected chi connectivity index (χ1v) is 3.60. The fourth-order valence-corrected chi connectivity index (χ4v) is 0.966. The van der Waals surface area contributed by atoms with Crippen LogP contribution >= 0.6 is 0 Å². The fraction of sp³-hybridized carbons (Fsp3) is 0.444. The molecule has 1 nitrogen and oxygen atoms in total. The Morgan fingerprint density at radius 3 is 2.45 bits per heavy atom. The molecule has 0 aliphatic rings. The molecule has 0 aliphatic carbocycles. The molecule has 56 valence electrons.